The molecule has 33 heavy (non-hydrogen) atoms. The van der Waals surface area contributed by atoms with Crippen molar-refractivity contribution in [1.82, 2.24) is 4.98 Å². The van der Waals surface area contributed by atoms with Crippen LogP contribution in [0.25, 0.3) is 6.08 Å². The molecule has 0 aliphatic carbocycles. The van der Waals surface area contributed by atoms with Crippen LogP contribution in [0.1, 0.15) is 11.3 Å². The van der Waals surface area contributed by atoms with Gasteiger partial charge in [0.15, 0.2) is 22.5 Å². The molecule has 1 fully saturated rings. The summed E-state index contributed by atoms with van der Waals surface area (Å²) < 4.78 is 16.4. The summed E-state index contributed by atoms with van der Waals surface area (Å²) in [7, 11) is 4.66. The maximum Gasteiger partial charge on any atom is 0.271 e. The van der Waals surface area contributed by atoms with Crippen molar-refractivity contribution in [3.05, 3.63) is 76.8 Å². The maximum absolute atomic E-state index is 13.5. The Hall–Kier alpha value is -3.78. The van der Waals surface area contributed by atoms with Gasteiger partial charge >= 0.3 is 0 Å². The summed E-state index contributed by atoms with van der Waals surface area (Å²) in [4.78, 5) is 24.7. The number of anilines is 1. The van der Waals surface area contributed by atoms with Crippen LogP contribution in [0.3, 0.4) is 0 Å². The van der Waals surface area contributed by atoms with Crippen LogP contribution < -0.4 is 19.1 Å². The first-order chi connectivity index (χ1) is 16.0. The van der Waals surface area contributed by atoms with Gasteiger partial charge in [-0.2, -0.15) is 0 Å². The lowest BCUT2D eigenvalue weighted by molar-refractivity contribution is -0.113. The van der Waals surface area contributed by atoms with E-state index in [9.17, 15) is 4.79 Å². The molecule has 1 aromatic heterocycles. The fourth-order valence-electron chi connectivity index (χ4n) is 3.42. The zero-order chi connectivity index (χ0) is 23.4. The number of benzene rings is 2. The summed E-state index contributed by atoms with van der Waals surface area (Å²) in [5.74, 6) is 1.84. The van der Waals surface area contributed by atoms with Crippen molar-refractivity contribution in [2.24, 2.45) is 4.99 Å². The standard InChI is InChI=1S/C25H23N3O4S/c1-16-9-8-12-21(26-16)27-25-28(18-10-6-5-7-11-18)24(29)20(33-25)15-17-13-14-19(30-2)23(32-4)22(17)31-3/h5-15H,1-4H3/b20-15-,27-25+. The topological polar surface area (TPSA) is 73.3 Å². The maximum atomic E-state index is 13.5. The molecule has 1 aliphatic rings. The predicted molar refractivity (Wildman–Crippen MR) is 132 cm³/mol. The second kappa shape index (κ2) is 9.79. The van der Waals surface area contributed by atoms with Crippen LogP contribution in [-0.4, -0.2) is 37.4 Å². The minimum atomic E-state index is -0.186. The van der Waals surface area contributed by atoms with Crippen molar-refractivity contribution < 1.29 is 19.0 Å². The summed E-state index contributed by atoms with van der Waals surface area (Å²) in [6.07, 6.45) is 1.77. The Morgan fingerprint density at radius 1 is 0.909 bits per heavy atom. The predicted octanol–water partition coefficient (Wildman–Crippen LogP) is 5.22. The number of para-hydroxylation sites is 1. The van der Waals surface area contributed by atoms with Gasteiger partial charge < -0.3 is 14.2 Å². The van der Waals surface area contributed by atoms with E-state index in [-0.39, 0.29) is 5.91 Å². The molecule has 3 aromatic rings. The largest absolute Gasteiger partial charge is 0.493 e. The smallest absolute Gasteiger partial charge is 0.271 e. The number of methoxy groups -OCH3 is 3. The number of hydrogen-bond acceptors (Lipinski definition) is 7. The van der Waals surface area contributed by atoms with E-state index in [1.807, 2.05) is 61.5 Å². The summed E-state index contributed by atoms with van der Waals surface area (Å²) in [5.41, 5.74) is 2.27. The molecule has 7 nitrogen and oxygen atoms in total. The fourth-order valence-corrected chi connectivity index (χ4v) is 4.40. The van der Waals surface area contributed by atoms with Crippen molar-refractivity contribution >= 4 is 40.4 Å². The molecule has 1 amide bonds. The van der Waals surface area contributed by atoms with Crippen molar-refractivity contribution in [3.8, 4) is 17.2 Å². The Kier molecular flexibility index (Phi) is 6.65. The number of amides is 1. The summed E-state index contributed by atoms with van der Waals surface area (Å²) in [6.45, 7) is 1.90. The number of ether oxygens (including phenoxy) is 3. The number of nitrogens with zero attached hydrogens (tertiary/aromatic N) is 3. The van der Waals surface area contributed by atoms with Gasteiger partial charge in [-0.15, -0.1) is 0 Å². The number of aromatic nitrogens is 1. The Morgan fingerprint density at radius 3 is 2.33 bits per heavy atom. The zero-order valence-corrected chi connectivity index (χ0v) is 19.6. The van der Waals surface area contributed by atoms with Crippen LogP contribution >= 0.6 is 11.8 Å². The van der Waals surface area contributed by atoms with E-state index >= 15 is 0 Å². The van der Waals surface area contributed by atoms with E-state index in [1.54, 1.807) is 38.4 Å². The van der Waals surface area contributed by atoms with E-state index in [0.717, 1.165) is 11.4 Å². The van der Waals surface area contributed by atoms with Gasteiger partial charge in [-0.25, -0.2) is 9.98 Å². The number of aliphatic imine (C=N–C) groups is 1. The van der Waals surface area contributed by atoms with Crippen LogP contribution in [0, 0.1) is 6.92 Å². The third kappa shape index (κ3) is 4.56. The number of pyridine rings is 1. The Bertz CT molecular complexity index is 1240. The van der Waals surface area contributed by atoms with Gasteiger partial charge in [0.25, 0.3) is 5.91 Å². The van der Waals surface area contributed by atoms with Crippen LogP contribution in [0.5, 0.6) is 17.2 Å². The number of hydrogen-bond donors (Lipinski definition) is 0. The number of rotatable bonds is 6. The first kappa shape index (κ1) is 22.4. The van der Waals surface area contributed by atoms with Gasteiger partial charge in [0.05, 0.1) is 31.9 Å². The number of carbonyl (C=O) groups is 1. The molecule has 168 valence electrons. The molecule has 2 aromatic carbocycles. The lowest BCUT2D eigenvalue weighted by atomic mass is 10.1. The van der Waals surface area contributed by atoms with E-state index in [2.05, 4.69) is 9.98 Å². The lowest BCUT2D eigenvalue weighted by Gasteiger charge is -2.15. The summed E-state index contributed by atoms with van der Waals surface area (Å²) >= 11 is 1.28. The minimum absolute atomic E-state index is 0.186. The minimum Gasteiger partial charge on any atom is -0.493 e. The number of thioether (sulfide) groups is 1. The monoisotopic (exact) mass is 461 g/mol. The lowest BCUT2D eigenvalue weighted by Crippen LogP contribution is -2.28. The van der Waals surface area contributed by atoms with Gasteiger partial charge in [-0.1, -0.05) is 24.3 Å². The van der Waals surface area contributed by atoms with E-state index in [1.165, 1.54) is 11.8 Å². The molecule has 0 atom stereocenters. The molecule has 0 N–H and O–H groups in total. The van der Waals surface area contributed by atoms with E-state index < -0.39 is 0 Å². The highest BCUT2D eigenvalue weighted by molar-refractivity contribution is 8.19. The van der Waals surface area contributed by atoms with Gasteiger partial charge in [0, 0.05) is 11.3 Å². The zero-order valence-electron chi connectivity index (χ0n) is 18.7. The van der Waals surface area contributed by atoms with Gasteiger partial charge in [-0.05, 0) is 61.2 Å². The summed E-state index contributed by atoms with van der Waals surface area (Å²) in [6, 6.07) is 18.6. The van der Waals surface area contributed by atoms with Crippen molar-refractivity contribution in [2.45, 2.75) is 6.92 Å². The SMILES string of the molecule is COc1ccc(/C=C2\S/C(=N/c3cccc(C)n3)N(c3ccccc3)C2=O)c(OC)c1OC. The second-order valence-corrected chi connectivity index (χ2v) is 8.05. The average molecular weight is 462 g/mol. The quantitative estimate of drug-likeness (QED) is 0.469. The van der Waals surface area contributed by atoms with Crippen molar-refractivity contribution in [2.75, 3.05) is 26.2 Å². The van der Waals surface area contributed by atoms with Gasteiger partial charge in [-0.3, -0.25) is 9.69 Å². The first-order valence-electron chi connectivity index (χ1n) is 10.2. The molecule has 0 bridgehead atoms. The third-order valence-electron chi connectivity index (χ3n) is 4.93. The molecule has 0 radical (unpaired) electrons. The molecular weight excluding hydrogens is 438 g/mol. The van der Waals surface area contributed by atoms with Crippen molar-refractivity contribution in [3.63, 3.8) is 0 Å². The van der Waals surface area contributed by atoms with E-state index in [0.29, 0.717) is 38.7 Å². The number of carbonyl (C=O) groups excluding carboxylic acids is 1. The normalized spacial score (nSPS) is 15.9. The molecule has 0 unspecified atom stereocenters. The Morgan fingerprint density at radius 2 is 1.67 bits per heavy atom. The highest BCUT2D eigenvalue weighted by Gasteiger charge is 2.35. The number of aryl methyl sites for hydroxylation is 1. The highest BCUT2D eigenvalue weighted by Crippen LogP contribution is 2.43. The third-order valence-corrected chi connectivity index (χ3v) is 5.89. The van der Waals surface area contributed by atoms with Crippen LogP contribution in [-0.2, 0) is 4.79 Å². The Balaban J connectivity index is 1.81. The van der Waals surface area contributed by atoms with Gasteiger partial charge in [0.1, 0.15) is 0 Å². The molecule has 0 spiro atoms. The molecule has 1 aliphatic heterocycles. The van der Waals surface area contributed by atoms with Crippen LogP contribution in [0.4, 0.5) is 11.5 Å². The number of amidine groups is 1. The Labute approximate surface area is 196 Å². The molecule has 1 saturated heterocycles. The molecule has 0 saturated carbocycles. The van der Waals surface area contributed by atoms with Crippen LogP contribution in [0.2, 0.25) is 0 Å². The fraction of sp³-hybridized carbons (Fsp3) is 0.160. The highest BCUT2D eigenvalue weighted by atomic mass is 32.2. The molecule has 2 heterocycles. The van der Waals surface area contributed by atoms with Gasteiger partial charge in [0.2, 0.25) is 5.75 Å². The van der Waals surface area contributed by atoms with E-state index in [4.69, 9.17) is 14.2 Å². The molecule has 4 rings (SSSR count). The molecule has 8 heteroatoms. The van der Waals surface area contributed by atoms with Crippen LogP contribution in [0.15, 0.2) is 70.6 Å². The molecular formula is C25H23N3O4S. The first-order valence-corrected chi connectivity index (χ1v) is 11.0. The summed E-state index contributed by atoms with van der Waals surface area (Å²) in [5, 5.41) is 0.523. The second-order valence-electron chi connectivity index (χ2n) is 7.04. The van der Waals surface area contributed by atoms with Crippen molar-refractivity contribution in [1.29, 1.82) is 0 Å². The average Bonchev–Trinajstić information content (AvgIpc) is 3.13.